The third-order valence-corrected chi connectivity index (χ3v) is 3.15. The average Bonchev–Trinajstić information content (AvgIpc) is 2.39. The van der Waals surface area contributed by atoms with Crippen LogP contribution in [-0.4, -0.2) is 0 Å². The Labute approximate surface area is 112 Å². The van der Waals surface area contributed by atoms with Crippen LogP contribution in [0.5, 0.6) is 0 Å². The van der Waals surface area contributed by atoms with E-state index >= 15 is 0 Å². The predicted octanol–water partition coefficient (Wildman–Crippen LogP) is 5.91. The lowest BCUT2D eigenvalue weighted by molar-refractivity contribution is 0.611. The molecule has 0 saturated heterocycles. The zero-order valence-electron chi connectivity index (χ0n) is 11.9. The van der Waals surface area contributed by atoms with Crippen molar-refractivity contribution in [2.24, 2.45) is 0 Å². The fourth-order valence-corrected chi connectivity index (χ4v) is 1.93. The van der Waals surface area contributed by atoms with Gasteiger partial charge in [0.15, 0.2) is 0 Å². The van der Waals surface area contributed by atoms with Gasteiger partial charge in [-0.15, -0.1) is 5.73 Å². The lowest BCUT2D eigenvalue weighted by atomic mass is 10.1. The molecule has 98 valence electrons. The van der Waals surface area contributed by atoms with Crippen LogP contribution in [0.4, 0.5) is 0 Å². The molecule has 1 aromatic rings. The monoisotopic (exact) mass is 242 g/mol. The number of hydrogen-bond acceptors (Lipinski definition) is 0. The quantitative estimate of drug-likeness (QED) is 0.392. The van der Waals surface area contributed by atoms with Gasteiger partial charge in [0.05, 0.1) is 0 Å². The van der Waals surface area contributed by atoms with Crippen molar-refractivity contribution in [3.8, 4) is 0 Å². The molecule has 0 aliphatic rings. The van der Waals surface area contributed by atoms with Crippen molar-refractivity contribution in [3.05, 3.63) is 47.2 Å². The Kier molecular flexibility index (Phi) is 8.01. The minimum Gasteiger partial charge on any atom is -0.125 e. The first kappa shape index (κ1) is 14.8. The van der Waals surface area contributed by atoms with Crippen molar-refractivity contribution in [2.45, 2.75) is 58.8 Å². The fraction of sp³-hybridized carbons (Fsp3) is 0.500. The standard InChI is InChI=1S/C18H26/c1-3-4-5-6-7-8-9-10-11-12-18-15-13-17(2)14-16-18/h10,12-16H,3-9H2,1-2H3. The Bertz CT molecular complexity index is 364. The maximum atomic E-state index is 3.27. The number of aryl methyl sites for hydroxylation is 1. The van der Waals surface area contributed by atoms with Gasteiger partial charge < -0.3 is 0 Å². The van der Waals surface area contributed by atoms with Crippen LogP contribution in [0, 0.1) is 6.92 Å². The van der Waals surface area contributed by atoms with Gasteiger partial charge in [-0.1, -0.05) is 68.9 Å². The predicted molar refractivity (Wildman–Crippen MR) is 81.7 cm³/mol. The maximum Gasteiger partial charge on any atom is -0.0131 e. The Balaban J connectivity index is 2.14. The van der Waals surface area contributed by atoms with Crippen LogP contribution in [0.25, 0.3) is 6.08 Å². The summed E-state index contributed by atoms with van der Waals surface area (Å²) in [5, 5.41) is 0. The van der Waals surface area contributed by atoms with E-state index in [9.17, 15) is 0 Å². The van der Waals surface area contributed by atoms with Crippen molar-refractivity contribution >= 4 is 6.08 Å². The summed E-state index contributed by atoms with van der Waals surface area (Å²) in [4.78, 5) is 0. The summed E-state index contributed by atoms with van der Waals surface area (Å²) < 4.78 is 0. The van der Waals surface area contributed by atoms with Crippen molar-refractivity contribution < 1.29 is 0 Å². The Morgan fingerprint density at radius 2 is 1.61 bits per heavy atom. The number of allylic oxidation sites excluding steroid dienone is 1. The summed E-state index contributed by atoms with van der Waals surface area (Å²) in [5.41, 5.74) is 5.82. The topological polar surface area (TPSA) is 0 Å². The lowest BCUT2D eigenvalue weighted by Crippen LogP contribution is -1.77. The van der Waals surface area contributed by atoms with E-state index in [0.29, 0.717) is 0 Å². The normalized spacial score (nSPS) is 9.89. The molecule has 0 atom stereocenters. The van der Waals surface area contributed by atoms with Gasteiger partial charge in [-0.25, -0.2) is 0 Å². The molecule has 0 nitrogen and oxygen atoms in total. The Morgan fingerprint density at radius 3 is 2.33 bits per heavy atom. The van der Waals surface area contributed by atoms with Gasteiger partial charge in [-0.05, 0) is 37.5 Å². The van der Waals surface area contributed by atoms with Crippen LogP contribution in [0.15, 0.2) is 36.1 Å². The third-order valence-electron chi connectivity index (χ3n) is 3.15. The molecule has 0 aliphatic heterocycles. The van der Waals surface area contributed by atoms with Crippen LogP contribution in [0.3, 0.4) is 0 Å². The van der Waals surface area contributed by atoms with Gasteiger partial charge in [0.1, 0.15) is 0 Å². The van der Waals surface area contributed by atoms with E-state index in [4.69, 9.17) is 0 Å². The zero-order chi connectivity index (χ0) is 13.1. The van der Waals surface area contributed by atoms with E-state index in [1.54, 1.807) is 0 Å². The average molecular weight is 242 g/mol. The second-order valence-corrected chi connectivity index (χ2v) is 4.98. The van der Waals surface area contributed by atoms with Crippen LogP contribution >= 0.6 is 0 Å². The number of unbranched alkanes of at least 4 members (excludes halogenated alkanes) is 6. The fourth-order valence-electron chi connectivity index (χ4n) is 1.93. The molecule has 18 heavy (non-hydrogen) atoms. The zero-order valence-corrected chi connectivity index (χ0v) is 11.9. The molecule has 0 aromatic heterocycles. The number of hydrogen-bond donors (Lipinski definition) is 0. The Morgan fingerprint density at radius 1 is 0.944 bits per heavy atom. The molecule has 0 N–H and O–H groups in total. The van der Waals surface area contributed by atoms with E-state index in [1.165, 1.54) is 49.7 Å². The van der Waals surface area contributed by atoms with Gasteiger partial charge in [-0.3, -0.25) is 0 Å². The SMILES string of the molecule is CCCCCCCCC=C=Cc1ccc(C)cc1. The summed E-state index contributed by atoms with van der Waals surface area (Å²) in [6.07, 6.45) is 13.6. The summed E-state index contributed by atoms with van der Waals surface area (Å²) in [6.45, 7) is 4.38. The second kappa shape index (κ2) is 9.74. The van der Waals surface area contributed by atoms with Gasteiger partial charge in [0, 0.05) is 0 Å². The lowest BCUT2D eigenvalue weighted by Gasteiger charge is -1.96. The highest BCUT2D eigenvalue weighted by Gasteiger charge is 1.88. The molecule has 0 saturated carbocycles. The number of rotatable bonds is 8. The van der Waals surface area contributed by atoms with E-state index in [2.05, 4.69) is 56.0 Å². The molecule has 0 unspecified atom stereocenters. The van der Waals surface area contributed by atoms with Gasteiger partial charge in [0.25, 0.3) is 0 Å². The summed E-state index contributed by atoms with van der Waals surface area (Å²) >= 11 is 0. The van der Waals surface area contributed by atoms with Crippen LogP contribution in [-0.2, 0) is 0 Å². The molecule has 0 radical (unpaired) electrons. The van der Waals surface area contributed by atoms with E-state index in [1.807, 2.05) is 0 Å². The highest BCUT2D eigenvalue weighted by Crippen LogP contribution is 2.07. The van der Waals surface area contributed by atoms with Crippen molar-refractivity contribution in [1.29, 1.82) is 0 Å². The summed E-state index contributed by atoms with van der Waals surface area (Å²) in [6, 6.07) is 8.56. The summed E-state index contributed by atoms with van der Waals surface area (Å²) in [7, 11) is 0. The smallest absolute Gasteiger partial charge is 0.0131 e. The van der Waals surface area contributed by atoms with E-state index < -0.39 is 0 Å². The minimum atomic E-state index is 1.16. The van der Waals surface area contributed by atoms with Crippen molar-refractivity contribution in [3.63, 3.8) is 0 Å². The third kappa shape index (κ3) is 7.14. The molecule has 0 aliphatic carbocycles. The van der Waals surface area contributed by atoms with E-state index in [-0.39, 0.29) is 0 Å². The largest absolute Gasteiger partial charge is 0.125 e. The maximum absolute atomic E-state index is 3.27. The first-order chi connectivity index (χ1) is 8.83. The van der Waals surface area contributed by atoms with Crippen molar-refractivity contribution in [1.82, 2.24) is 0 Å². The van der Waals surface area contributed by atoms with Gasteiger partial charge >= 0.3 is 0 Å². The first-order valence-corrected chi connectivity index (χ1v) is 7.30. The molecule has 1 rings (SSSR count). The summed E-state index contributed by atoms with van der Waals surface area (Å²) in [5.74, 6) is 0. The highest BCUT2D eigenvalue weighted by atomic mass is 13.9. The molecule has 0 amide bonds. The molecule has 0 spiro atoms. The molecule has 1 aromatic carbocycles. The van der Waals surface area contributed by atoms with Crippen LogP contribution in [0.2, 0.25) is 0 Å². The molecular formula is C18H26. The Hall–Kier alpha value is -1.26. The van der Waals surface area contributed by atoms with Crippen LogP contribution in [0.1, 0.15) is 63.0 Å². The van der Waals surface area contributed by atoms with E-state index in [0.717, 1.165) is 6.42 Å². The molecule has 0 heteroatoms. The number of benzene rings is 1. The van der Waals surface area contributed by atoms with Gasteiger partial charge in [-0.2, -0.15) is 0 Å². The first-order valence-electron chi connectivity index (χ1n) is 7.30. The van der Waals surface area contributed by atoms with Gasteiger partial charge in [0.2, 0.25) is 0 Å². The second-order valence-electron chi connectivity index (χ2n) is 4.98. The minimum absolute atomic E-state index is 1.16. The highest BCUT2D eigenvalue weighted by molar-refractivity contribution is 5.48. The van der Waals surface area contributed by atoms with Crippen molar-refractivity contribution in [2.75, 3.05) is 0 Å². The molecule has 0 bridgehead atoms. The molecule has 0 heterocycles. The molecular weight excluding hydrogens is 216 g/mol. The van der Waals surface area contributed by atoms with Crippen LogP contribution < -0.4 is 0 Å². The molecule has 0 fully saturated rings.